The van der Waals surface area contributed by atoms with Crippen LogP contribution in [0.2, 0.25) is 0 Å². The minimum atomic E-state index is -0.171. The number of hydrogen-bond donors (Lipinski definition) is 1. The van der Waals surface area contributed by atoms with Crippen LogP contribution < -0.4 is 15.0 Å². The van der Waals surface area contributed by atoms with Crippen molar-refractivity contribution in [3.8, 4) is 17.0 Å². The van der Waals surface area contributed by atoms with Crippen LogP contribution in [-0.4, -0.2) is 67.3 Å². The van der Waals surface area contributed by atoms with E-state index in [1.54, 1.807) is 18.4 Å². The van der Waals surface area contributed by atoms with E-state index in [1.807, 2.05) is 36.4 Å². The quantitative estimate of drug-likeness (QED) is 0.352. The molecule has 2 aromatic heterocycles. The van der Waals surface area contributed by atoms with Gasteiger partial charge in [-0.3, -0.25) is 15.0 Å². The molecule has 0 atom stereocenters. The fourth-order valence-electron chi connectivity index (χ4n) is 4.82. The maximum atomic E-state index is 13.0. The van der Waals surface area contributed by atoms with Gasteiger partial charge in [0.15, 0.2) is 10.3 Å². The number of nitrogens with one attached hydrogen (secondary N) is 1. The Hall–Kier alpha value is -3.05. The largest absolute Gasteiger partial charge is 0.494 e. The maximum Gasteiger partial charge on any atom is 0.257 e. The highest BCUT2D eigenvalue weighted by Gasteiger charge is 2.20. The van der Waals surface area contributed by atoms with Gasteiger partial charge in [-0.2, -0.15) is 0 Å². The Morgan fingerprint density at radius 3 is 2.59 bits per heavy atom. The molecule has 6 rings (SSSR count). The van der Waals surface area contributed by atoms with Gasteiger partial charge >= 0.3 is 0 Å². The lowest BCUT2D eigenvalue weighted by molar-refractivity contribution is 0.102. The summed E-state index contributed by atoms with van der Waals surface area (Å²) in [6.45, 7) is 6.39. The van der Waals surface area contributed by atoms with Crippen molar-refractivity contribution in [2.45, 2.75) is 19.4 Å². The van der Waals surface area contributed by atoms with E-state index in [-0.39, 0.29) is 5.91 Å². The number of aromatic nitrogens is 2. The van der Waals surface area contributed by atoms with Gasteiger partial charge in [0.2, 0.25) is 0 Å². The molecule has 1 N–H and O–H groups in total. The molecule has 0 saturated carbocycles. The van der Waals surface area contributed by atoms with Crippen LogP contribution in [0.25, 0.3) is 21.5 Å². The molecule has 4 aromatic rings. The van der Waals surface area contributed by atoms with Crippen LogP contribution in [0.5, 0.6) is 5.75 Å². The van der Waals surface area contributed by atoms with Gasteiger partial charge in [0.1, 0.15) is 11.3 Å². The Bertz CT molecular complexity index is 1390. The molecule has 0 spiro atoms. The smallest absolute Gasteiger partial charge is 0.257 e. The Kier molecular flexibility index (Phi) is 7.06. The molecule has 4 heterocycles. The Morgan fingerprint density at radius 1 is 1.05 bits per heavy atom. The molecule has 2 aliphatic rings. The van der Waals surface area contributed by atoms with Crippen molar-refractivity contribution in [3.63, 3.8) is 0 Å². The van der Waals surface area contributed by atoms with Crippen molar-refractivity contribution in [2.75, 3.05) is 56.7 Å². The number of carbonyl (C=O) groups is 1. The molecular formula is C27H29N5O3S2. The highest BCUT2D eigenvalue weighted by Crippen LogP contribution is 2.40. The van der Waals surface area contributed by atoms with Gasteiger partial charge < -0.3 is 14.4 Å². The SMILES string of the molecule is COc1ccc(-c2csc(N3CCOCC3)n2)c2sc(NC(=O)c3ccc(CN4CCCC4)cc3)nc12. The van der Waals surface area contributed by atoms with Crippen molar-refractivity contribution in [1.29, 1.82) is 0 Å². The van der Waals surface area contributed by atoms with E-state index in [0.717, 1.165) is 72.5 Å². The first-order chi connectivity index (χ1) is 18.2. The van der Waals surface area contributed by atoms with Gasteiger partial charge in [-0.05, 0) is 55.8 Å². The number of benzene rings is 2. The van der Waals surface area contributed by atoms with Gasteiger partial charge in [-0.1, -0.05) is 23.5 Å². The van der Waals surface area contributed by atoms with Crippen molar-refractivity contribution < 1.29 is 14.3 Å². The predicted molar refractivity (Wildman–Crippen MR) is 149 cm³/mol. The third-order valence-electron chi connectivity index (χ3n) is 6.82. The molecule has 2 fully saturated rings. The van der Waals surface area contributed by atoms with E-state index in [0.29, 0.717) is 16.4 Å². The number of methoxy groups -OCH3 is 1. The molecule has 37 heavy (non-hydrogen) atoms. The summed E-state index contributed by atoms with van der Waals surface area (Å²) in [5, 5.41) is 6.60. The number of nitrogens with zero attached hydrogens (tertiary/aromatic N) is 4. The Balaban J connectivity index is 1.23. The molecule has 192 valence electrons. The summed E-state index contributed by atoms with van der Waals surface area (Å²) >= 11 is 3.08. The first-order valence-corrected chi connectivity index (χ1v) is 14.3. The van der Waals surface area contributed by atoms with Gasteiger partial charge in [-0.15, -0.1) is 11.3 Å². The summed E-state index contributed by atoms with van der Waals surface area (Å²) in [4.78, 5) is 27.4. The monoisotopic (exact) mass is 535 g/mol. The summed E-state index contributed by atoms with van der Waals surface area (Å²) in [5.74, 6) is 0.501. The number of ether oxygens (including phenoxy) is 2. The van der Waals surface area contributed by atoms with Gasteiger partial charge in [0.25, 0.3) is 5.91 Å². The van der Waals surface area contributed by atoms with Gasteiger partial charge in [0.05, 0.1) is 30.7 Å². The second-order valence-electron chi connectivity index (χ2n) is 9.26. The highest BCUT2D eigenvalue weighted by atomic mass is 32.1. The van der Waals surface area contributed by atoms with E-state index >= 15 is 0 Å². The topological polar surface area (TPSA) is 79.8 Å². The van der Waals surface area contributed by atoms with E-state index in [9.17, 15) is 4.79 Å². The molecule has 10 heteroatoms. The molecule has 2 aliphatic heterocycles. The zero-order chi connectivity index (χ0) is 25.2. The number of thiazole rings is 2. The minimum Gasteiger partial charge on any atom is -0.494 e. The molecular weight excluding hydrogens is 506 g/mol. The second-order valence-corrected chi connectivity index (χ2v) is 11.1. The summed E-state index contributed by atoms with van der Waals surface area (Å²) < 4.78 is 12.0. The minimum absolute atomic E-state index is 0.171. The van der Waals surface area contributed by atoms with Crippen LogP contribution in [0.3, 0.4) is 0 Å². The third kappa shape index (κ3) is 5.19. The zero-order valence-corrected chi connectivity index (χ0v) is 22.4. The van der Waals surface area contributed by atoms with E-state index in [2.05, 4.69) is 20.5 Å². The zero-order valence-electron chi connectivity index (χ0n) is 20.7. The van der Waals surface area contributed by atoms with Gasteiger partial charge in [0, 0.05) is 36.1 Å². The fraction of sp³-hybridized carbons (Fsp3) is 0.370. The van der Waals surface area contributed by atoms with E-state index in [1.165, 1.54) is 29.7 Å². The molecule has 2 aromatic carbocycles. The predicted octanol–water partition coefficient (Wildman–Crippen LogP) is 5.11. The van der Waals surface area contributed by atoms with Gasteiger partial charge in [-0.25, -0.2) is 9.97 Å². The number of carbonyl (C=O) groups excluding carboxylic acids is 1. The van der Waals surface area contributed by atoms with E-state index < -0.39 is 0 Å². The second kappa shape index (κ2) is 10.7. The first kappa shape index (κ1) is 24.3. The molecule has 1 amide bonds. The number of amides is 1. The number of hydrogen-bond acceptors (Lipinski definition) is 9. The van der Waals surface area contributed by atoms with Crippen molar-refractivity contribution in [1.82, 2.24) is 14.9 Å². The standard InChI is InChI=1S/C27H29N5O3S2/c1-34-22-9-8-20(21-17-36-27(28-21)32-12-14-35-15-13-32)24-23(22)29-26(37-24)30-25(33)19-6-4-18(5-7-19)16-31-10-2-3-11-31/h4-9,17H,2-3,10-16H2,1H3,(H,29,30,33). The number of fused-ring (bicyclic) bond motifs is 1. The summed E-state index contributed by atoms with van der Waals surface area (Å²) in [6, 6.07) is 11.8. The molecule has 0 unspecified atom stereocenters. The molecule has 0 radical (unpaired) electrons. The number of likely N-dealkylation sites (tertiary alicyclic amines) is 1. The molecule has 0 bridgehead atoms. The molecule has 2 saturated heterocycles. The number of morpholine rings is 1. The normalized spacial score (nSPS) is 16.4. The summed E-state index contributed by atoms with van der Waals surface area (Å²) in [5.41, 5.74) is 4.45. The maximum absolute atomic E-state index is 13.0. The average Bonchev–Trinajstić information content (AvgIpc) is 3.70. The fourth-order valence-corrected chi connectivity index (χ4v) is 6.70. The van der Waals surface area contributed by atoms with Crippen molar-refractivity contribution >= 4 is 49.1 Å². The first-order valence-electron chi connectivity index (χ1n) is 12.6. The lowest BCUT2D eigenvalue weighted by Crippen LogP contribution is -2.36. The van der Waals surface area contributed by atoms with Crippen LogP contribution in [-0.2, 0) is 11.3 Å². The summed E-state index contributed by atoms with van der Waals surface area (Å²) in [7, 11) is 1.63. The number of anilines is 2. The van der Waals surface area contributed by atoms with Crippen LogP contribution in [0, 0.1) is 0 Å². The molecule has 8 nitrogen and oxygen atoms in total. The van der Waals surface area contributed by atoms with E-state index in [4.69, 9.17) is 19.4 Å². The molecule has 0 aliphatic carbocycles. The lowest BCUT2D eigenvalue weighted by atomic mass is 10.1. The van der Waals surface area contributed by atoms with Crippen LogP contribution in [0.4, 0.5) is 10.3 Å². The average molecular weight is 536 g/mol. The van der Waals surface area contributed by atoms with Crippen molar-refractivity contribution in [2.24, 2.45) is 0 Å². The summed E-state index contributed by atoms with van der Waals surface area (Å²) in [6.07, 6.45) is 2.54. The highest BCUT2D eigenvalue weighted by molar-refractivity contribution is 7.23. The van der Waals surface area contributed by atoms with Crippen molar-refractivity contribution in [3.05, 3.63) is 52.9 Å². The number of rotatable bonds is 7. The Labute approximate surface area is 223 Å². The lowest BCUT2D eigenvalue weighted by Gasteiger charge is -2.26. The Morgan fingerprint density at radius 2 is 1.84 bits per heavy atom. The van der Waals surface area contributed by atoms with Crippen LogP contribution in [0.1, 0.15) is 28.8 Å². The van der Waals surface area contributed by atoms with Crippen LogP contribution in [0.15, 0.2) is 41.8 Å². The third-order valence-corrected chi connectivity index (χ3v) is 8.72. The van der Waals surface area contributed by atoms with Crippen LogP contribution >= 0.6 is 22.7 Å².